The molecule has 0 saturated heterocycles. The number of pyridine rings is 2. The van der Waals surface area contributed by atoms with Gasteiger partial charge in [-0.05, 0) is 43.0 Å². The Morgan fingerprint density at radius 1 is 1.27 bits per heavy atom. The zero-order chi connectivity index (χ0) is 17.7. The molecule has 1 saturated carbocycles. The van der Waals surface area contributed by atoms with Gasteiger partial charge in [-0.2, -0.15) is 0 Å². The predicted octanol–water partition coefficient (Wildman–Crippen LogP) is 2.03. The first-order valence-electron chi connectivity index (χ1n) is 8.67. The number of likely N-dealkylation sites (N-methyl/N-ethyl adjacent to an activating group) is 1. The first-order valence-corrected chi connectivity index (χ1v) is 8.67. The van der Waals surface area contributed by atoms with Crippen LogP contribution in [0.3, 0.4) is 0 Å². The Kier molecular flexibility index (Phi) is 3.31. The van der Waals surface area contributed by atoms with Crippen LogP contribution < -0.4 is 15.0 Å². The van der Waals surface area contributed by atoms with E-state index in [0.29, 0.717) is 17.4 Å². The molecule has 1 atom stereocenters. The molecule has 1 aliphatic heterocycles. The highest BCUT2D eigenvalue weighted by Crippen LogP contribution is 2.32. The number of hydrogen-bond acceptors (Lipinski definition) is 6. The van der Waals surface area contributed by atoms with Crippen molar-refractivity contribution >= 4 is 28.6 Å². The van der Waals surface area contributed by atoms with E-state index in [4.69, 9.17) is 4.74 Å². The third-order valence-electron chi connectivity index (χ3n) is 4.79. The standard InChI is InChI=1S/C18H18N6O2/c1-23-13-3-2-8-19-16(13)26-17(18(23)25)22-14-7-6-12-15(21-14)24(10-20-12)9-11-4-5-11/h2-3,6-8,10-11,17H,4-5,9H2,1H3,(H,21,22). The van der Waals surface area contributed by atoms with Crippen molar-refractivity contribution in [2.75, 3.05) is 17.3 Å². The minimum Gasteiger partial charge on any atom is -0.442 e. The third-order valence-corrected chi connectivity index (χ3v) is 4.79. The lowest BCUT2D eigenvalue weighted by Gasteiger charge is -2.31. The molecule has 8 heteroatoms. The van der Waals surface area contributed by atoms with Gasteiger partial charge in [-0.3, -0.25) is 4.79 Å². The number of ether oxygens (including phenoxy) is 1. The zero-order valence-electron chi connectivity index (χ0n) is 14.3. The molecule has 1 unspecified atom stereocenters. The van der Waals surface area contributed by atoms with Crippen molar-refractivity contribution in [3.63, 3.8) is 0 Å². The topological polar surface area (TPSA) is 85.2 Å². The lowest BCUT2D eigenvalue weighted by Crippen LogP contribution is -2.48. The van der Waals surface area contributed by atoms with E-state index in [0.717, 1.165) is 23.6 Å². The molecule has 26 heavy (non-hydrogen) atoms. The molecule has 1 aliphatic carbocycles. The molecule has 1 amide bonds. The van der Waals surface area contributed by atoms with Gasteiger partial charge in [-0.25, -0.2) is 15.0 Å². The molecule has 2 aliphatic rings. The SMILES string of the molecule is CN1C(=O)C(Nc2ccc3ncn(CC4CC4)c3n2)Oc2ncccc21. The Labute approximate surface area is 149 Å². The van der Waals surface area contributed by atoms with Crippen molar-refractivity contribution < 1.29 is 9.53 Å². The highest BCUT2D eigenvalue weighted by Gasteiger charge is 2.33. The summed E-state index contributed by atoms with van der Waals surface area (Å²) in [5, 5.41) is 3.07. The monoisotopic (exact) mass is 350 g/mol. The maximum absolute atomic E-state index is 12.6. The van der Waals surface area contributed by atoms with Crippen LogP contribution in [0.25, 0.3) is 11.2 Å². The summed E-state index contributed by atoms with van der Waals surface area (Å²) < 4.78 is 7.82. The van der Waals surface area contributed by atoms with Gasteiger partial charge in [0, 0.05) is 19.8 Å². The average molecular weight is 350 g/mol. The predicted molar refractivity (Wildman–Crippen MR) is 95.9 cm³/mol. The summed E-state index contributed by atoms with van der Waals surface area (Å²) in [6.45, 7) is 0.936. The Bertz CT molecular complexity index is 996. The molecule has 0 radical (unpaired) electrons. The first-order chi connectivity index (χ1) is 12.7. The fourth-order valence-corrected chi connectivity index (χ4v) is 3.14. The molecule has 0 bridgehead atoms. The van der Waals surface area contributed by atoms with Crippen LogP contribution in [0.4, 0.5) is 11.5 Å². The van der Waals surface area contributed by atoms with Gasteiger partial charge in [0.05, 0.1) is 6.33 Å². The largest absolute Gasteiger partial charge is 0.442 e. The van der Waals surface area contributed by atoms with Gasteiger partial charge in [-0.15, -0.1) is 0 Å². The van der Waals surface area contributed by atoms with Crippen molar-refractivity contribution in [3.8, 4) is 5.88 Å². The van der Waals surface area contributed by atoms with Crippen molar-refractivity contribution in [2.45, 2.75) is 25.6 Å². The van der Waals surface area contributed by atoms with Crippen LogP contribution in [0.5, 0.6) is 5.88 Å². The van der Waals surface area contributed by atoms with E-state index < -0.39 is 6.23 Å². The normalized spacial score (nSPS) is 19.3. The maximum Gasteiger partial charge on any atom is 0.289 e. The van der Waals surface area contributed by atoms with E-state index in [1.54, 1.807) is 36.3 Å². The molecule has 5 rings (SSSR count). The number of anilines is 2. The maximum atomic E-state index is 12.6. The molecular formula is C18H18N6O2. The lowest BCUT2D eigenvalue weighted by molar-refractivity contribution is -0.124. The van der Waals surface area contributed by atoms with Gasteiger partial charge in [0.25, 0.3) is 12.1 Å². The average Bonchev–Trinajstić information content (AvgIpc) is 3.39. The highest BCUT2D eigenvalue weighted by atomic mass is 16.5. The Morgan fingerprint density at radius 3 is 3.00 bits per heavy atom. The van der Waals surface area contributed by atoms with Crippen LogP contribution in [0.2, 0.25) is 0 Å². The van der Waals surface area contributed by atoms with E-state index in [1.807, 2.05) is 12.4 Å². The molecule has 0 aromatic carbocycles. The Morgan fingerprint density at radius 2 is 2.15 bits per heavy atom. The quantitative estimate of drug-likeness (QED) is 0.775. The lowest BCUT2D eigenvalue weighted by atomic mass is 10.3. The van der Waals surface area contributed by atoms with Crippen LogP contribution in [0, 0.1) is 5.92 Å². The smallest absolute Gasteiger partial charge is 0.289 e. The number of carbonyl (C=O) groups excluding carboxylic acids is 1. The number of rotatable bonds is 4. The second-order valence-electron chi connectivity index (χ2n) is 6.75. The minimum atomic E-state index is -0.868. The molecule has 1 N–H and O–H groups in total. The van der Waals surface area contributed by atoms with Gasteiger partial charge >= 0.3 is 0 Å². The second-order valence-corrected chi connectivity index (χ2v) is 6.75. The van der Waals surface area contributed by atoms with E-state index in [-0.39, 0.29) is 5.91 Å². The molecule has 8 nitrogen and oxygen atoms in total. The molecular weight excluding hydrogens is 332 g/mol. The molecule has 1 fully saturated rings. The number of imidazole rings is 1. The van der Waals surface area contributed by atoms with Crippen molar-refractivity contribution in [1.29, 1.82) is 0 Å². The minimum absolute atomic E-state index is 0.195. The highest BCUT2D eigenvalue weighted by molar-refractivity contribution is 6.00. The second kappa shape index (κ2) is 5.69. The van der Waals surface area contributed by atoms with Crippen LogP contribution in [0.15, 0.2) is 36.8 Å². The van der Waals surface area contributed by atoms with Gasteiger partial charge in [0.2, 0.25) is 5.88 Å². The van der Waals surface area contributed by atoms with Crippen molar-refractivity contribution in [1.82, 2.24) is 19.5 Å². The van der Waals surface area contributed by atoms with Crippen LogP contribution in [-0.4, -0.2) is 38.7 Å². The van der Waals surface area contributed by atoms with Gasteiger partial charge in [0.1, 0.15) is 17.0 Å². The third kappa shape index (κ3) is 2.54. The van der Waals surface area contributed by atoms with Gasteiger partial charge in [0.15, 0.2) is 5.65 Å². The summed E-state index contributed by atoms with van der Waals surface area (Å²) >= 11 is 0. The van der Waals surface area contributed by atoms with E-state index in [9.17, 15) is 4.79 Å². The summed E-state index contributed by atoms with van der Waals surface area (Å²) in [6, 6.07) is 7.28. The molecule has 0 spiro atoms. The Hall–Kier alpha value is -3.16. The molecule has 132 valence electrons. The summed E-state index contributed by atoms with van der Waals surface area (Å²) in [5.41, 5.74) is 2.31. The van der Waals surface area contributed by atoms with Crippen LogP contribution in [0.1, 0.15) is 12.8 Å². The van der Waals surface area contributed by atoms with Crippen molar-refractivity contribution in [2.24, 2.45) is 5.92 Å². The van der Waals surface area contributed by atoms with E-state index in [2.05, 4.69) is 24.8 Å². The number of nitrogens with zero attached hydrogens (tertiary/aromatic N) is 5. The summed E-state index contributed by atoms with van der Waals surface area (Å²) in [5.74, 6) is 1.53. The van der Waals surface area contributed by atoms with Crippen LogP contribution in [-0.2, 0) is 11.3 Å². The number of fused-ring (bicyclic) bond motifs is 2. The first kappa shape index (κ1) is 15.1. The summed E-state index contributed by atoms with van der Waals surface area (Å²) in [4.78, 5) is 27.4. The van der Waals surface area contributed by atoms with E-state index in [1.165, 1.54) is 12.8 Å². The number of nitrogens with one attached hydrogen (secondary N) is 1. The van der Waals surface area contributed by atoms with E-state index >= 15 is 0 Å². The number of carbonyl (C=O) groups is 1. The Balaban J connectivity index is 1.43. The summed E-state index contributed by atoms with van der Waals surface area (Å²) in [6.07, 6.45) is 5.13. The fourth-order valence-electron chi connectivity index (χ4n) is 3.14. The van der Waals surface area contributed by atoms with Crippen molar-refractivity contribution in [3.05, 3.63) is 36.8 Å². The number of amides is 1. The molecule has 3 aromatic heterocycles. The fraction of sp³-hybridized carbons (Fsp3) is 0.333. The van der Waals surface area contributed by atoms with Gasteiger partial charge in [-0.1, -0.05) is 0 Å². The number of hydrogen-bond donors (Lipinski definition) is 1. The van der Waals surface area contributed by atoms with Crippen LogP contribution >= 0.6 is 0 Å². The zero-order valence-corrected chi connectivity index (χ0v) is 14.3. The van der Waals surface area contributed by atoms with Gasteiger partial charge < -0.3 is 19.5 Å². The molecule has 4 heterocycles. The molecule has 3 aromatic rings. The number of aromatic nitrogens is 4. The summed E-state index contributed by atoms with van der Waals surface area (Å²) in [7, 11) is 1.71.